The fourth-order valence-electron chi connectivity index (χ4n) is 4.42. The molecule has 1 N–H and O–H groups in total. The number of alkyl halides is 3. The van der Waals surface area contributed by atoms with Crippen molar-refractivity contribution in [1.82, 2.24) is 14.8 Å². The summed E-state index contributed by atoms with van der Waals surface area (Å²) < 4.78 is 46.5. The predicted octanol–water partition coefficient (Wildman–Crippen LogP) is 7.51. The molecule has 1 heterocycles. The molecule has 0 fully saturated rings. The number of aromatic nitrogens is 3. The number of amides is 1. The van der Waals surface area contributed by atoms with Crippen LogP contribution in [-0.4, -0.2) is 26.8 Å². The maximum Gasteiger partial charge on any atom is 0.416 e. The first kappa shape index (κ1) is 27.6. The van der Waals surface area contributed by atoms with Crippen LogP contribution >= 0.6 is 0 Å². The standard InChI is InChI=1S/C32H27F3N4O2/c1-21(2)41-31-37-29(24-13-15-25(16-14-24)32(33,34)35)39(38-31)27-19-17-26(18-20-27)36-30(40)28(22-9-5-3-6-10-22)23-11-7-4-8-12-23/h3-21,28H,1-2H3,(H,36,40). The molecule has 0 spiro atoms. The van der Waals surface area contributed by atoms with E-state index in [1.54, 1.807) is 24.3 Å². The van der Waals surface area contributed by atoms with Crippen LogP contribution in [0.2, 0.25) is 0 Å². The fraction of sp³-hybridized carbons (Fsp3) is 0.156. The maximum atomic E-state index is 13.5. The molecule has 5 rings (SSSR count). The number of hydrogen-bond donors (Lipinski definition) is 1. The number of ether oxygens (including phenoxy) is 1. The molecule has 0 saturated carbocycles. The SMILES string of the molecule is CC(C)Oc1nc(-c2ccc(C(F)(F)F)cc2)n(-c2ccc(NC(=O)C(c3ccccc3)c3ccccc3)cc2)n1. The van der Waals surface area contributed by atoms with Crippen molar-refractivity contribution in [3.63, 3.8) is 0 Å². The Bertz CT molecular complexity index is 1560. The van der Waals surface area contributed by atoms with Gasteiger partial charge in [0.2, 0.25) is 5.91 Å². The smallest absolute Gasteiger partial charge is 0.416 e. The number of nitrogens with zero attached hydrogens (tertiary/aromatic N) is 3. The van der Waals surface area contributed by atoms with Gasteiger partial charge in [0.05, 0.1) is 23.3 Å². The third-order valence-corrected chi connectivity index (χ3v) is 6.31. The van der Waals surface area contributed by atoms with E-state index in [1.807, 2.05) is 74.5 Å². The molecule has 5 aromatic rings. The van der Waals surface area contributed by atoms with E-state index in [0.29, 0.717) is 22.8 Å². The molecule has 6 nitrogen and oxygen atoms in total. The van der Waals surface area contributed by atoms with E-state index in [9.17, 15) is 18.0 Å². The van der Waals surface area contributed by atoms with Crippen LogP contribution in [0, 0.1) is 0 Å². The van der Waals surface area contributed by atoms with Crippen molar-refractivity contribution in [3.8, 4) is 23.1 Å². The summed E-state index contributed by atoms with van der Waals surface area (Å²) in [4.78, 5) is 17.9. The Morgan fingerprint density at radius 1 is 0.805 bits per heavy atom. The minimum Gasteiger partial charge on any atom is -0.460 e. The third kappa shape index (κ3) is 6.46. The predicted molar refractivity (Wildman–Crippen MR) is 151 cm³/mol. The first-order valence-electron chi connectivity index (χ1n) is 13.0. The fourth-order valence-corrected chi connectivity index (χ4v) is 4.42. The van der Waals surface area contributed by atoms with E-state index < -0.39 is 17.7 Å². The molecule has 0 atom stereocenters. The second kappa shape index (κ2) is 11.7. The number of carbonyl (C=O) groups is 1. The number of hydrogen-bond acceptors (Lipinski definition) is 4. The summed E-state index contributed by atoms with van der Waals surface area (Å²) in [6, 6.07) is 30.9. The van der Waals surface area contributed by atoms with Gasteiger partial charge in [-0.3, -0.25) is 4.79 Å². The number of nitrogens with one attached hydrogen (secondary N) is 1. The molecule has 1 aromatic heterocycles. The zero-order valence-corrected chi connectivity index (χ0v) is 22.3. The van der Waals surface area contributed by atoms with Gasteiger partial charge in [0.1, 0.15) is 0 Å². The first-order chi connectivity index (χ1) is 19.7. The second-order valence-corrected chi connectivity index (χ2v) is 9.66. The van der Waals surface area contributed by atoms with E-state index >= 15 is 0 Å². The van der Waals surface area contributed by atoms with Crippen molar-refractivity contribution >= 4 is 11.6 Å². The lowest BCUT2D eigenvalue weighted by molar-refractivity contribution is -0.137. The molecule has 41 heavy (non-hydrogen) atoms. The molecule has 0 aliphatic heterocycles. The van der Waals surface area contributed by atoms with Gasteiger partial charge in [0.15, 0.2) is 5.82 Å². The molecule has 0 aliphatic carbocycles. The summed E-state index contributed by atoms with van der Waals surface area (Å²) >= 11 is 0. The van der Waals surface area contributed by atoms with Crippen molar-refractivity contribution in [2.75, 3.05) is 5.32 Å². The lowest BCUT2D eigenvalue weighted by atomic mass is 9.90. The van der Waals surface area contributed by atoms with E-state index in [1.165, 1.54) is 16.8 Å². The van der Waals surface area contributed by atoms with Crippen LogP contribution in [0.25, 0.3) is 17.1 Å². The van der Waals surface area contributed by atoms with Crippen LogP contribution in [0.1, 0.15) is 36.5 Å². The van der Waals surface area contributed by atoms with E-state index in [2.05, 4.69) is 15.4 Å². The zero-order valence-electron chi connectivity index (χ0n) is 22.3. The van der Waals surface area contributed by atoms with E-state index in [-0.39, 0.29) is 18.0 Å². The Balaban J connectivity index is 1.43. The summed E-state index contributed by atoms with van der Waals surface area (Å²) in [6.45, 7) is 3.66. The average Bonchev–Trinajstić information content (AvgIpc) is 3.37. The molecular formula is C32H27F3N4O2. The highest BCUT2D eigenvalue weighted by Crippen LogP contribution is 2.32. The molecule has 0 saturated heterocycles. The number of halogens is 3. The minimum atomic E-state index is -4.45. The monoisotopic (exact) mass is 556 g/mol. The second-order valence-electron chi connectivity index (χ2n) is 9.66. The molecule has 9 heteroatoms. The van der Waals surface area contributed by atoms with Crippen molar-refractivity contribution in [2.45, 2.75) is 32.0 Å². The van der Waals surface area contributed by atoms with Crippen LogP contribution in [0.15, 0.2) is 109 Å². The van der Waals surface area contributed by atoms with Gasteiger partial charge in [-0.15, -0.1) is 5.10 Å². The molecule has 4 aromatic carbocycles. The van der Waals surface area contributed by atoms with E-state index in [0.717, 1.165) is 23.3 Å². The van der Waals surface area contributed by atoms with Gasteiger partial charge in [-0.2, -0.15) is 18.2 Å². The number of carbonyl (C=O) groups excluding carboxylic acids is 1. The van der Waals surface area contributed by atoms with Gasteiger partial charge < -0.3 is 10.1 Å². The highest BCUT2D eigenvalue weighted by Gasteiger charge is 2.30. The summed E-state index contributed by atoms with van der Waals surface area (Å²) in [5.41, 5.74) is 2.59. The molecular weight excluding hydrogens is 529 g/mol. The molecule has 1 amide bonds. The van der Waals surface area contributed by atoms with Gasteiger partial charge in [0, 0.05) is 11.3 Å². The summed E-state index contributed by atoms with van der Waals surface area (Å²) in [6.07, 6.45) is -4.65. The van der Waals surface area contributed by atoms with Gasteiger partial charge >= 0.3 is 12.2 Å². The van der Waals surface area contributed by atoms with Gasteiger partial charge in [-0.05, 0) is 61.4 Å². The van der Waals surface area contributed by atoms with Crippen LogP contribution in [0.5, 0.6) is 6.01 Å². The highest BCUT2D eigenvalue weighted by atomic mass is 19.4. The Labute approximate surface area is 235 Å². The topological polar surface area (TPSA) is 69.0 Å². The molecule has 0 radical (unpaired) electrons. The minimum absolute atomic E-state index is 0.0980. The van der Waals surface area contributed by atoms with Gasteiger partial charge in [-0.1, -0.05) is 72.8 Å². The van der Waals surface area contributed by atoms with Crippen LogP contribution in [0.4, 0.5) is 18.9 Å². The van der Waals surface area contributed by atoms with Crippen LogP contribution in [-0.2, 0) is 11.0 Å². The quantitative estimate of drug-likeness (QED) is 0.215. The van der Waals surface area contributed by atoms with Gasteiger partial charge in [0.25, 0.3) is 0 Å². The zero-order chi connectivity index (χ0) is 29.0. The Morgan fingerprint density at radius 3 is 1.88 bits per heavy atom. The normalized spacial score (nSPS) is 11.6. The lowest BCUT2D eigenvalue weighted by Crippen LogP contribution is -2.22. The van der Waals surface area contributed by atoms with Crippen molar-refractivity contribution in [2.24, 2.45) is 0 Å². The number of anilines is 1. The Kier molecular flexibility index (Phi) is 7.87. The van der Waals surface area contributed by atoms with Crippen molar-refractivity contribution in [3.05, 3.63) is 126 Å². The Morgan fingerprint density at radius 2 is 1.37 bits per heavy atom. The number of benzene rings is 4. The molecule has 208 valence electrons. The Hall–Kier alpha value is -4.92. The lowest BCUT2D eigenvalue weighted by Gasteiger charge is -2.18. The van der Waals surface area contributed by atoms with Crippen LogP contribution in [0.3, 0.4) is 0 Å². The molecule has 0 bridgehead atoms. The highest BCUT2D eigenvalue weighted by molar-refractivity contribution is 5.98. The largest absolute Gasteiger partial charge is 0.460 e. The van der Waals surface area contributed by atoms with Crippen molar-refractivity contribution in [1.29, 1.82) is 0 Å². The first-order valence-corrected chi connectivity index (χ1v) is 13.0. The summed E-state index contributed by atoms with van der Waals surface area (Å²) in [5.74, 6) is -0.372. The van der Waals surface area contributed by atoms with E-state index in [4.69, 9.17) is 4.74 Å². The summed E-state index contributed by atoms with van der Waals surface area (Å²) in [5, 5.41) is 7.44. The van der Waals surface area contributed by atoms with Crippen LogP contribution < -0.4 is 10.1 Å². The number of rotatable bonds is 8. The molecule has 0 aliphatic rings. The molecule has 0 unspecified atom stereocenters. The van der Waals surface area contributed by atoms with Gasteiger partial charge in [-0.25, -0.2) is 4.68 Å². The average molecular weight is 557 g/mol. The van der Waals surface area contributed by atoms with Crippen molar-refractivity contribution < 1.29 is 22.7 Å². The maximum absolute atomic E-state index is 13.5. The third-order valence-electron chi connectivity index (χ3n) is 6.31. The summed E-state index contributed by atoms with van der Waals surface area (Å²) in [7, 11) is 0.